The Hall–Kier alpha value is -1.82. The van der Waals surface area contributed by atoms with Crippen LogP contribution in [0.4, 0.5) is 8.78 Å². The van der Waals surface area contributed by atoms with Crippen LogP contribution in [0.3, 0.4) is 0 Å². The molecule has 1 heterocycles. The molecule has 0 unspecified atom stereocenters. The molecule has 3 nitrogen and oxygen atoms in total. The van der Waals surface area contributed by atoms with Crippen LogP contribution in [0.25, 0.3) is 6.08 Å². The summed E-state index contributed by atoms with van der Waals surface area (Å²) in [4.78, 5) is 13.4. The number of nitrogens with zero attached hydrogens (tertiary/aromatic N) is 1. The van der Waals surface area contributed by atoms with Crippen LogP contribution in [0.2, 0.25) is 0 Å². The van der Waals surface area contributed by atoms with E-state index in [1.165, 1.54) is 17.0 Å². The van der Waals surface area contributed by atoms with Crippen molar-refractivity contribution in [3.63, 3.8) is 0 Å². The number of rotatable bonds is 3. The van der Waals surface area contributed by atoms with Crippen molar-refractivity contribution < 1.29 is 13.6 Å². The highest BCUT2D eigenvalue weighted by atomic mass is 32.1. The summed E-state index contributed by atoms with van der Waals surface area (Å²) in [7, 11) is 0. The van der Waals surface area contributed by atoms with Gasteiger partial charge in [-0.1, -0.05) is 13.0 Å². The third-order valence-corrected chi connectivity index (χ3v) is 2.99. The fraction of sp³-hybridized carbons (Fsp3) is 0.231. The number of amides is 1. The van der Waals surface area contributed by atoms with E-state index in [-0.39, 0.29) is 11.6 Å². The number of carbonyl (C=O) groups is 1. The first-order chi connectivity index (χ1) is 9.02. The molecule has 0 atom stereocenters. The Labute approximate surface area is 114 Å². The van der Waals surface area contributed by atoms with E-state index in [1.54, 1.807) is 0 Å². The zero-order valence-corrected chi connectivity index (χ0v) is 11.1. The molecule has 0 aromatic heterocycles. The number of carbonyl (C=O) groups excluding carboxylic acids is 1. The number of thiocarbonyl (C=S) groups is 1. The minimum Gasteiger partial charge on any atom is -0.328 e. The Balaban J connectivity index is 2.27. The molecule has 19 heavy (non-hydrogen) atoms. The predicted octanol–water partition coefficient (Wildman–Crippen LogP) is 2.43. The van der Waals surface area contributed by atoms with Gasteiger partial charge in [-0.2, -0.15) is 0 Å². The third-order valence-electron chi connectivity index (χ3n) is 2.66. The van der Waals surface area contributed by atoms with Crippen LogP contribution in [-0.4, -0.2) is 22.5 Å². The summed E-state index contributed by atoms with van der Waals surface area (Å²) in [6, 6.07) is 3.44. The summed E-state index contributed by atoms with van der Waals surface area (Å²) in [5.41, 5.74) is 0.667. The van der Waals surface area contributed by atoms with Crippen molar-refractivity contribution in [1.29, 1.82) is 0 Å². The molecule has 1 aromatic rings. The van der Waals surface area contributed by atoms with Gasteiger partial charge >= 0.3 is 0 Å². The monoisotopic (exact) mass is 282 g/mol. The SMILES string of the molecule is CCCN1C(=O)/C(=C/c2ccc(F)c(F)c2)NC1=S. The topological polar surface area (TPSA) is 32.3 Å². The van der Waals surface area contributed by atoms with Crippen molar-refractivity contribution >= 4 is 29.3 Å². The van der Waals surface area contributed by atoms with Gasteiger partial charge in [0.05, 0.1) is 0 Å². The van der Waals surface area contributed by atoms with Crippen molar-refractivity contribution in [2.45, 2.75) is 13.3 Å². The maximum atomic E-state index is 13.1. The summed E-state index contributed by atoms with van der Waals surface area (Å²) < 4.78 is 25.9. The van der Waals surface area contributed by atoms with Gasteiger partial charge in [-0.3, -0.25) is 9.69 Å². The molecule has 1 aliphatic rings. The van der Waals surface area contributed by atoms with E-state index in [0.29, 0.717) is 17.2 Å². The highest BCUT2D eigenvalue weighted by Crippen LogP contribution is 2.16. The van der Waals surface area contributed by atoms with Crippen molar-refractivity contribution in [3.8, 4) is 0 Å². The number of hydrogen-bond acceptors (Lipinski definition) is 2. The molecular weight excluding hydrogens is 270 g/mol. The van der Waals surface area contributed by atoms with Gasteiger partial charge < -0.3 is 5.32 Å². The first kappa shape index (κ1) is 13.6. The van der Waals surface area contributed by atoms with Crippen LogP contribution in [0, 0.1) is 11.6 Å². The minimum atomic E-state index is -0.951. The molecule has 0 saturated carbocycles. The first-order valence-corrected chi connectivity index (χ1v) is 6.23. The fourth-order valence-corrected chi connectivity index (χ4v) is 2.05. The lowest BCUT2D eigenvalue weighted by atomic mass is 10.2. The number of hydrogen-bond donors (Lipinski definition) is 1. The highest BCUT2D eigenvalue weighted by Gasteiger charge is 2.29. The Kier molecular flexibility index (Phi) is 3.90. The summed E-state index contributed by atoms with van der Waals surface area (Å²) in [6.45, 7) is 2.47. The summed E-state index contributed by atoms with van der Waals surface area (Å²) in [5, 5.41) is 3.11. The molecule has 2 rings (SSSR count). The van der Waals surface area contributed by atoms with Crippen molar-refractivity contribution in [2.24, 2.45) is 0 Å². The lowest BCUT2D eigenvalue weighted by Gasteiger charge is -2.11. The smallest absolute Gasteiger partial charge is 0.276 e. The summed E-state index contributed by atoms with van der Waals surface area (Å²) >= 11 is 5.04. The van der Waals surface area contributed by atoms with E-state index in [9.17, 15) is 13.6 Å². The molecule has 1 amide bonds. The van der Waals surface area contributed by atoms with Crippen LogP contribution in [0.5, 0.6) is 0 Å². The second-order valence-electron chi connectivity index (χ2n) is 4.12. The predicted molar refractivity (Wildman–Crippen MR) is 72.1 cm³/mol. The number of halogens is 2. The molecule has 1 aliphatic heterocycles. The average molecular weight is 282 g/mol. The van der Waals surface area contributed by atoms with Gasteiger partial charge in [0.2, 0.25) is 0 Å². The lowest BCUT2D eigenvalue weighted by molar-refractivity contribution is -0.122. The van der Waals surface area contributed by atoms with Gasteiger partial charge in [0.15, 0.2) is 16.7 Å². The van der Waals surface area contributed by atoms with E-state index in [0.717, 1.165) is 18.6 Å². The van der Waals surface area contributed by atoms with Gasteiger partial charge in [-0.15, -0.1) is 0 Å². The Bertz CT molecular complexity index is 572. The van der Waals surface area contributed by atoms with Gasteiger partial charge in [-0.25, -0.2) is 8.78 Å². The van der Waals surface area contributed by atoms with Crippen LogP contribution in [0.15, 0.2) is 23.9 Å². The molecule has 1 N–H and O–H groups in total. The molecule has 0 radical (unpaired) electrons. The van der Waals surface area contributed by atoms with Crippen LogP contribution < -0.4 is 5.32 Å². The normalized spacial score (nSPS) is 17.2. The largest absolute Gasteiger partial charge is 0.328 e. The number of nitrogens with one attached hydrogen (secondary N) is 1. The Morgan fingerprint density at radius 3 is 2.74 bits per heavy atom. The standard InChI is InChI=1S/C13H12F2N2OS/c1-2-5-17-12(18)11(16-13(17)19)7-8-3-4-9(14)10(15)6-8/h3-4,6-7H,2,5H2,1H3,(H,16,19)/b11-7-. The van der Waals surface area contributed by atoms with Gasteiger partial charge in [-0.05, 0) is 42.4 Å². The molecule has 1 aromatic carbocycles. The lowest BCUT2D eigenvalue weighted by Crippen LogP contribution is -2.31. The van der Waals surface area contributed by atoms with E-state index in [4.69, 9.17) is 12.2 Å². The zero-order chi connectivity index (χ0) is 14.0. The van der Waals surface area contributed by atoms with Gasteiger partial charge in [0.25, 0.3) is 5.91 Å². The molecule has 0 spiro atoms. The molecule has 0 bridgehead atoms. The second-order valence-corrected chi connectivity index (χ2v) is 4.51. The van der Waals surface area contributed by atoms with E-state index in [1.807, 2.05) is 6.92 Å². The maximum Gasteiger partial charge on any atom is 0.276 e. The number of benzene rings is 1. The molecule has 6 heteroatoms. The average Bonchev–Trinajstić information content (AvgIpc) is 2.62. The van der Waals surface area contributed by atoms with Crippen molar-refractivity contribution in [3.05, 3.63) is 41.1 Å². The molecule has 100 valence electrons. The molecule has 1 fully saturated rings. The van der Waals surface area contributed by atoms with Crippen LogP contribution in [-0.2, 0) is 4.79 Å². The quantitative estimate of drug-likeness (QED) is 0.682. The van der Waals surface area contributed by atoms with Crippen molar-refractivity contribution in [2.75, 3.05) is 6.54 Å². The summed E-state index contributed by atoms with van der Waals surface area (Å²) in [5.74, 6) is -2.12. The van der Waals surface area contributed by atoms with Gasteiger partial charge in [0, 0.05) is 6.54 Å². The molecular formula is C13H12F2N2OS. The zero-order valence-electron chi connectivity index (χ0n) is 10.2. The minimum absolute atomic E-state index is 0.253. The van der Waals surface area contributed by atoms with E-state index < -0.39 is 11.6 Å². The highest BCUT2D eigenvalue weighted by molar-refractivity contribution is 7.80. The second kappa shape index (κ2) is 5.44. The fourth-order valence-electron chi connectivity index (χ4n) is 1.77. The first-order valence-electron chi connectivity index (χ1n) is 5.82. The third kappa shape index (κ3) is 2.78. The Morgan fingerprint density at radius 2 is 2.11 bits per heavy atom. The summed E-state index contributed by atoms with van der Waals surface area (Å²) in [6.07, 6.45) is 2.23. The van der Waals surface area contributed by atoms with Crippen molar-refractivity contribution in [1.82, 2.24) is 10.2 Å². The molecule has 1 saturated heterocycles. The van der Waals surface area contributed by atoms with Crippen LogP contribution in [0.1, 0.15) is 18.9 Å². The molecule has 0 aliphatic carbocycles. The Morgan fingerprint density at radius 1 is 1.37 bits per heavy atom. The maximum absolute atomic E-state index is 13.1. The van der Waals surface area contributed by atoms with E-state index >= 15 is 0 Å². The van der Waals surface area contributed by atoms with Gasteiger partial charge in [0.1, 0.15) is 5.70 Å². The van der Waals surface area contributed by atoms with Crippen LogP contribution >= 0.6 is 12.2 Å². The van der Waals surface area contributed by atoms with E-state index in [2.05, 4.69) is 5.32 Å².